The van der Waals surface area contributed by atoms with Crippen LogP contribution in [0.3, 0.4) is 0 Å². The zero-order valence-electron chi connectivity index (χ0n) is 12.1. The monoisotopic (exact) mass is 303 g/mol. The van der Waals surface area contributed by atoms with Crippen molar-refractivity contribution in [2.24, 2.45) is 0 Å². The lowest BCUT2D eigenvalue weighted by Crippen LogP contribution is -2.37. The third-order valence-electron chi connectivity index (χ3n) is 3.01. The summed E-state index contributed by atoms with van der Waals surface area (Å²) in [6.45, 7) is 3.23. The molecular weight excluding hydrogens is 282 g/mol. The van der Waals surface area contributed by atoms with Crippen LogP contribution in [0.2, 0.25) is 0 Å². The Morgan fingerprint density at radius 1 is 1.25 bits per heavy atom. The standard InChI is InChI=1S/C13H21NO5S/c1-5-10(8-15)14-20(16,17)13-7-12(19-4)11(18-3)6-9(13)2/h6-7,10,14-15H,5,8H2,1-4H3/t10-/m0/s1. The molecule has 0 bridgehead atoms. The normalized spacial score (nSPS) is 13.1. The van der Waals surface area contributed by atoms with Crippen molar-refractivity contribution in [1.29, 1.82) is 0 Å². The lowest BCUT2D eigenvalue weighted by Gasteiger charge is -2.17. The number of nitrogens with one attached hydrogen (secondary N) is 1. The molecule has 0 radical (unpaired) electrons. The zero-order valence-corrected chi connectivity index (χ0v) is 13.0. The van der Waals surface area contributed by atoms with E-state index in [0.717, 1.165) is 0 Å². The first-order valence-corrected chi connectivity index (χ1v) is 7.73. The molecule has 7 heteroatoms. The largest absolute Gasteiger partial charge is 0.493 e. The molecule has 114 valence electrons. The average molecular weight is 303 g/mol. The molecule has 0 heterocycles. The SMILES string of the molecule is CC[C@@H](CO)NS(=O)(=O)c1cc(OC)c(OC)cc1C. The van der Waals surface area contributed by atoms with Crippen LogP contribution in [0, 0.1) is 6.92 Å². The van der Waals surface area contributed by atoms with Gasteiger partial charge in [0.25, 0.3) is 0 Å². The zero-order chi connectivity index (χ0) is 15.3. The van der Waals surface area contributed by atoms with Crippen molar-refractivity contribution in [2.45, 2.75) is 31.2 Å². The molecule has 0 unspecified atom stereocenters. The van der Waals surface area contributed by atoms with Gasteiger partial charge >= 0.3 is 0 Å². The van der Waals surface area contributed by atoms with Crippen molar-refractivity contribution in [3.05, 3.63) is 17.7 Å². The van der Waals surface area contributed by atoms with Crippen molar-refractivity contribution in [3.63, 3.8) is 0 Å². The van der Waals surface area contributed by atoms with Gasteiger partial charge in [0.1, 0.15) is 0 Å². The summed E-state index contributed by atoms with van der Waals surface area (Å²) in [7, 11) is -0.785. The van der Waals surface area contributed by atoms with Gasteiger partial charge in [0, 0.05) is 12.1 Å². The Kier molecular flexibility index (Phi) is 5.79. The maximum Gasteiger partial charge on any atom is 0.241 e. The summed E-state index contributed by atoms with van der Waals surface area (Å²) in [5.41, 5.74) is 0.544. The Balaban J connectivity index is 3.24. The minimum absolute atomic E-state index is 0.113. The molecule has 20 heavy (non-hydrogen) atoms. The van der Waals surface area contributed by atoms with Gasteiger partial charge in [-0.3, -0.25) is 0 Å². The van der Waals surface area contributed by atoms with Crippen molar-refractivity contribution in [1.82, 2.24) is 4.72 Å². The number of ether oxygens (including phenoxy) is 2. The summed E-state index contributed by atoms with van der Waals surface area (Å²) in [6.07, 6.45) is 0.502. The molecule has 0 amide bonds. The minimum Gasteiger partial charge on any atom is -0.493 e. The van der Waals surface area contributed by atoms with E-state index in [1.807, 2.05) is 0 Å². The van der Waals surface area contributed by atoms with Crippen molar-refractivity contribution < 1.29 is 23.0 Å². The molecule has 0 saturated carbocycles. The lowest BCUT2D eigenvalue weighted by atomic mass is 10.2. The number of hydrogen-bond acceptors (Lipinski definition) is 5. The van der Waals surface area contributed by atoms with Gasteiger partial charge in [-0.1, -0.05) is 6.92 Å². The Bertz CT molecular complexity index is 552. The Morgan fingerprint density at radius 2 is 1.80 bits per heavy atom. The van der Waals surface area contributed by atoms with Gasteiger partial charge in [-0.15, -0.1) is 0 Å². The van der Waals surface area contributed by atoms with E-state index in [2.05, 4.69) is 4.72 Å². The Morgan fingerprint density at radius 3 is 2.25 bits per heavy atom. The first-order chi connectivity index (χ1) is 9.39. The van der Waals surface area contributed by atoms with E-state index in [1.165, 1.54) is 20.3 Å². The smallest absolute Gasteiger partial charge is 0.241 e. The summed E-state index contributed by atoms with van der Waals surface area (Å²) in [6, 6.07) is 2.51. The second-order valence-electron chi connectivity index (χ2n) is 4.38. The predicted molar refractivity (Wildman–Crippen MR) is 75.8 cm³/mol. The molecule has 0 fully saturated rings. The van der Waals surface area contributed by atoms with E-state index < -0.39 is 16.1 Å². The molecule has 2 N–H and O–H groups in total. The van der Waals surface area contributed by atoms with Crippen LogP contribution in [-0.4, -0.2) is 40.4 Å². The number of methoxy groups -OCH3 is 2. The molecular formula is C13H21NO5S. The van der Waals surface area contributed by atoms with Crippen LogP contribution in [-0.2, 0) is 10.0 Å². The summed E-state index contributed by atoms with van der Waals surface area (Å²) < 4.78 is 37.4. The molecule has 0 spiro atoms. The molecule has 1 atom stereocenters. The maximum absolute atomic E-state index is 12.3. The molecule has 0 aliphatic heterocycles. The van der Waals surface area contributed by atoms with Crippen LogP contribution in [0.25, 0.3) is 0 Å². The number of aliphatic hydroxyl groups is 1. The molecule has 1 rings (SSSR count). The summed E-state index contributed by atoms with van der Waals surface area (Å²) >= 11 is 0. The van der Waals surface area contributed by atoms with Crippen LogP contribution in [0.15, 0.2) is 17.0 Å². The third-order valence-corrected chi connectivity index (χ3v) is 4.67. The fourth-order valence-electron chi connectivity index (χ4n) is 1.78. The second kappa shape index (κ2) is 6.92. The molecule has 0 aromatic heterocycles. The predicted octanol–water partition coefficient (Wildman–Crippen LogP) is 1.06. The number of aliphatic hydroxyl groups excluding tert-OH is 1. The van der Waals surface area contributed by atoms with Crippen LogP contribution in [0.4, 0.5) is 0 Å². The summed E-state index contributed by atoms with van der Waals surface area (Å²) in [5, 5.41) is 9.12. The van der Waals surface area contributed by atoms with Crippen LogP contribution in [0.5, 0.6) is 11.5 Å². The molecule has 0 aliphatic rings. The van der Waals surface area contributed by atoms with E-state index in [-0.39, 0.29) is 11.5 Å². The van der Waals surface area contributed by atoms with Gasteiger partial charge in [-0.2, -0.15) is 0 Å². The number of rotatable bonds is 7. The highest BCUT2D eigenvalue weighted by atomic mass is 32.2. The highest BCUT2D eigenvalue weighted by molar-refractivity contribution is 7.89. The molecule has 0 aliphatic carbocycles. The number of hydrogen-bond donors (Lipinski definition) is 2. The van der Waals surface area contributed by atoms with Crippen LogP contribution < -0.4 is 14.2 Å². The lowest BCUT2D eigenvalue weighted by molar-refractivity contribution is 0.254. The fourth-order valence-corrected chi connectivity index (χ4v) is 3.34. The number of aryl methyl sites for hydroxylation is 1. The summed E-state index contributed by atoms with van der Waals surface area (Å²) in [4.78, 5) is 0.113. The molecule has 0 saturated heterocycles. The quantitative estimate of drug-likeness (QED) is 0.787. The van der Waals surface area contributed by atoms with Gasteiger partial charge in [0.05, 0.1) is 25.7 Å². The van der Waals surface area contributed by atoms with Gasteiger partial charge in [0.15, 0.2) is 11.5 Å². The van der Waals surface area contributed by atoms with Crippen LogP contribution in [0.1, 0.15) is 18.9 Å². The second-order valence-corrected chi connectivity index (χ2v) is 6.06. The third kappa shape index (κ3) is 3.62. The number of benzene rings is 1. The maximum atomic E-state index is 12.3. The van der Waals surface area contributed by atoms with Crippen molar-refractivity contribution in [2.75, 3.05) is 20.8 Å². The first-order valence-electron chi connectivity index (χ1n) is 6.25. The van der Waals surface area contributed by atoms with Crippen LogP contribution >= 0.6 is 0 Å². The van der Waals surface area contributed by atoms with Crippen molar-refractivity contribution in [3.8, 4) is 11.5 Å². The van der Waals surface area contributed by atoms with Gasteiger partial charge < -0.3 is 14.6 Å². The highest BCUT2D eigenvalue weighted by Gasteiger charge is 2.22. The van der Waals surface area contributed by atoms with E-state index >= 15 is 0 Å². The van der Waals surface area contributed by atoms with Crippen molar-refractivity contribution >= 4 is 10.0 Å². The first kappa shape index (κ1) is 16.7. The fraction of sp³-hybridized carbons (Fsp3) is 0.538. The van der Waals surface area contributed by atoms with E-state index in [9.17, 15) is 8.42 Å². The topological polar surface area (TPSA) is 84.9 Å². The minimum atomic E-state index is -3.72. The number of sulfonamides is 1. The molecule has 1 aromatic rings. The molecule has 6 nitrogen and oxygen atoms in total. The highest BCUT2D eigenvalue weighted by Crippen LogP contribution is 2.32. The van der Waals surface area contributed by atoms with E-state index in [4.69, 9.17) is 14.6 Å². The van der Waals surface area contributed by atoms with E-state index in [1.54, 1.807) is 19.9 Å². The summed E-state index contributed by atoms with van der Waals surface area (Å²) in [5.74, 6) is 0.814. The average Bonchev–Trinajstić information content (AvgIpc) is 2.43. The Labute approximate surface area is 119 Å². The van der Waals surface area contributed by atoms with Gasteiger partial charge in [-0.25, -0.2) is 13.1 Å². The molecule has 1 aromatic carbocycles. The Hall–Kier alpha value is -1.31. The van der Waals surface area contributed by atoms with Gasteiger partial charge in [0.2, 0.25) is 10.0 Å². The van der Waals surface area contributed by atoms with Gasteiger partial charge in [-0.05, 0) is 25.0 Å². The van der Waals surface area contributed by atoms with E-state index in [0.29, 0.717) is 23.5 Å².